The summed E-state index contributed by atoms with van der Waals surface area (Å²) in [6.07, 6.45) is 0. The second kappa shape index (κ2) is 6.51. The van der Waals surface area contributed by atoms with Crippen molar-refractivity contribution in [2.75, 3.05) is 5.32 Å². The zero-order chi connectivity index (χ0) is 18.1. The maximum atomic E-state index is 13.2. The summed E-state index contributed by atoms with van der Waals surface area (Å²) in [5, 5.41) is 6.94. The molecule has 2 aromatic carbocycles. The Kier molecular flexibility index (Phi) is 4.40. The second-order valence-corrected chi connectivity index (χ2v) is 6.20. The summed E-state index contributed by atoms with van der Waals surface area (Å²) in [4.78, 5) is 12.9. The van der Waals surface area contributed by atoms with E-state index in [0.717, 1.165) is 22.4 Å². The summed E-state index contributed by atoms with van der Waals surface area (Å²) in [5.41, 5.74) is 5.28. The number of amides is 1. The molecule has 1 aromatic heterocycles. The molecular weight excluding hydrogens is 319 g/mol. The van der Waals surface area contributed by atoms with E-state index in [9.17, 15) is 9.18 Å². The molecule has 0 bridgehead atoms. The highest BCUT2D eigenvalue weighted by atomic mass is 19.1. The zero-order valence-corrected chi connectivity index (χ0v) is 14.6. The molecule has 0 atom stereocenters. The van der Waals surface area contributed by atoms with Crippen LogP contribution in [0.5, 0.6) is 0 Å². The Hall–Kier alpha value is -2.95. The van der Waals surface area contributed by atoms with Gasteiger partial charge in [0.05, 0.1) is 0 Å². The smallest absolute Gasteiger partial charge is 0.261 e. The zero-order valence-electron chi connectivity index (χ0n) is 14.6. The first kappa shape index (κ1) is 16.9. The lowest BCUT2D eigenvalue weighted by Gasteiger charge is -2.13. The van der Waals surface area contributed by atoms with E-state index in [-0.39, 0.29) is 11.7 Å². The van der Waals surface area contributed by atoms with Gasteiger partial charge in [0.2, 0.25) is 0 Å². The van der Waals surface area contributed by atoms with Crippen LogP contribution in [0.3, 0.4) is 0 Å². The number of benzene rings is 2. The van der Waals surface area contributed by atoms with E-state index in [1.54, 1.807) is 19.1 Å². The average molecular weight is 338 g/mol. The van der Waals surface area contributed by atoms with Crippen LogP contribution in [-0.2, 0) is 0 Å². The third kappa shape index (κ3) is 3.31. The molecule has 25 heavy (non-hydrogen) atoms. The SMILES string of the molecule is Cc1cc(C)c(NC(=O)c2c(-c3ccc(F)cc3)noc2C)c(C)c1. The molecule has 4 nitrogen and oxygen atoms in total. The minimum absolute atomic E-state index is 0.298. The largest absolute Gasteiger partial charge is 0.360 e. The van der Waals surface area contributed by atoms with Crippen LogP contribution in [0.25, 0.3) is 11.3 Å². The van der Waals surface area contributed by atoms with Crippen molar-refractivity contribution in [3.05, 3.63) is 70.2 Å². The minimum Gasteiger partial charge on any atom is -0.360 e. The van der Waals surface area contributed by atoms with Crippen LogP contribution in [0.1, 0.15) is 32.8 Å². The number of aromatic nitrogens is 1. The molecule has 0 radical (unpaired) electrons. The van der Waals surface area contributed by atoms with Gasteiger partial charge in [-0.05, 0) is 63.1 Å². The quantitative estimate of drug-likeness (QED) is 0.734. The number of anilines is 1. The molecule has 128 valence electrons. The fraction of sp³-hybridized carbons (Fsp3) is 0.200. The van der Waals surface area contributed by atoms with Crippen molar-refractivity contribution in [1.29, 1.82) is 0 Å². The van der Waals surface area contributed by atoms with Crippen molar-refractivity contribution in [1.82, 2.24) is 5.16 Å². The number of aryl methyl sites for hydroxylation is 4. The Morgan fingerprint density at radius 3 is 2.24 bits per heavy atom. The Morgan fingerprint density at radius 1 is 1.04 bits per heavy atom. The summed E-state index contributed by atoms with van der Waals surface area (Å²) in [5.74, 6) is -0.228. The van der Waals surface area contributed by atoms with Crippen LogP contribution >= 0.6 is 0 Å². The number of hydrogen-bond donors (Lipinski definition) is 1. The standard InChI is InChI=1S/C20H19FN2O2/c1-11-9-12(2)18(13(3)10-11)22-20(24)17-14(4)25-23-19(17)15-5-7-16(21)8-6-15/h5-10H,1-4H3,(H,22,24). The monoisotopic (exact) mass is 338 g/mol. The van der Waals surface area contributed by atoms with Crippen molar-refractivity contribution in [3.8, 4) is 11.3 Å². The highest BCUT2D eigenvalue weighted by molar-refractivity contribution is 6.09. The lowest BCUT2D eigenvalue weighted by molar-refractivity contribution is 0.102. The number of nitrogens with one attached hydrogen (secondary N) is 1. The molecule has 0 aliphatic carbocycles. The number of carbonyl (C=O) groups excluding carboxylic acids is 1. The van der Waals surface area contributed by atoms with E-state index in [1.807, 2.05) is 32.9 Å². The van der Waals surface area contributed by atoms with Gasteiger partial charge in [0, 0.05) is 11.3 Å². The summed E-state index contributed by atoms with van der Waals surface area (Å²) >= 11 is 0. The van der Waals surface area contributed by atoms with Crippen LogP contribution in [-0.4, -0.2) is 11.1 Å². The predicted octanol–water partition coefficient (Wildman–Crippen LogP) is 4.97. The third-order valence-corrected chi connectivity index (χ3v) is 4.12. The molecule has 0 aliphatic rings. The highest BCUT2D eigenvalue weighted by Gasteiger charge is 2.22. The first-order valence-corrected chi connectivity index (χ1v) is 7.98. The normalized spacial score (nSPS) is 10.8. The van der Waals surface area contributed by atoms with Gasteiger partial charge < -0.3 is 9.84 Å². The summed E-state index contributed by atoms with van der Waals surface area (Å²) < 4.78 is 18.4. The maximum absolute atomic E-state index is 13.2. The Balaban J connectivity index is 1.99. The molecule has 3 rings (SSSR count). The highest BCUT2D eigenvalue weighted by Crippen LogP contribution is 2.28. The average Bonchev–Trinajstić information content (AvgIpc) is 2.93. The van der Waals surface area contributed by atoms with Gasteiger partial charge in [0.1, 0.15) is 22.8 Å². The van der Waals surface area contributed by atoms with Crippen molar-refractivity contribution < 1.29 is 13.7 Å². The van der Waals surface area contributed by atoms with E-state index >= 15 is 0 Å². The van der Waals surface area contributed by atoms with Crippen LogP contribution < -0.4 is 5.32 Å². The molecule has 1 N–H and O–H groups in total. The second-order valence-electron chi connectivity index (χ2n) is 6.20. The lowest BCUT2D eigenvalue weighted by Crippen LogP contribution is -2.15. The van der Waals surface area contributed by atoms with E-state index < -0.39 is 0 Å². The molecule has 0 saturated carbocycles. The lowest BCUT2D eigenvalue weighted by atomic mass is 10.0. The number of nitrogens with zero attached hydrogens (tertiary/aromatic N) is 1. The molecular formula is C20H19FN2O2. The van der Waals surface area contributed by atoms with Crippen LogP contribution in [0.15, 0.2) is 40.9 Å². The number of halogens is 1. The Morgan fingerprint density at radius 2 is 1.64 bits per heavy atom. The molecule has 0 aliphatic heterocycles. The fourth-order valence-electron chi connectivity index (χ4n) is 3.00. The van der Waals surface area contributed by atoms with Crippen LogP contribution in [0.2, 0.25) is 0 Å². The number of carbonyl (C=O) groups is 1. The summed E-state index contributed by atoms with van der Waals surface area (Å²) in [6.45, 7) is 7.61. The minimum atomic E-state index is -0.346. The topological polar surface area (TPSA) is 55.1 Å². The van der Waals surface area contributed by atoms with Crippen LogP contribution in [0, 0.1) is 33.5 Å². The first-order valence-electron chi connectivity index (χ1n) is 7.98. The fourth-order valence-corrected chi connectivity index (χ4v) is 3.00. The van der Waals surface area contributed by atoms with Gasteiger partial charge >= 0.3 is 0 Å². The summed E-state index contributed by atoms with van der Waals surface area (Å²) in [6, 6.07) is 9.84. The molecule has 1 amide bonds. The first-order chi connectivity index (χ1) is 11.9. The van der Waals surface area contributed by atoms with E-state index in [1.165, 1.54) is 12.1 Å². The molecule has 3 aromatic rings. The number of rotatable bonds is 3. The molecule has 0 fully saturated rings. The van der Waals surface area contributed by atoms with Crippen molar-refractivity contribution >= 4 is 11.6 Å². The predicted molar refractivity (Wildman–Crippen MR) is 95.2 cm³/mol. The van der Waals surface area contributed by atoms with Gasteiger partial charge in [-0.2, -0.15) is 0 Å². The summed E-state index contributed by atoms with van der Waals surface area (Å²) in [7, 11) is 0. The Labute approximate surface area is 145 Å². The van der Waals surface area contributed by atoms with Gasteiger partial charge in [-0.1, -0.05) is 22.9 Å². The molecule has 0 saturated heterocycles. The molecule has 5 heteroatoms. The molecule has 1 heterocycles. The van der Waals surface area contributed by atoms with Crippen molar-refractivity contribution in [3.63, 3.8) is 0 Å². The number of hydrogen-bond acceptors (Lipinski definition) is 3. The Bertz CT molecular complexity index is 920. The molecule has 0 spiro atoms. The van der Waals surface area contributed by atoms with E-state index in [2.05, 4.69) is 10.5 Å². The van der Waals surface area contributed by atoms with Crippen molar-refractivity contribution in [2.45, 2.75) is 27.7 Å². The van der Waals surface area contributed by atoms with Crippen molar-refractivity contribution in [2.24, 2.45) is 0 Å². The maximum Gasteiger partial charge on any atom is 0.261 e. The van der Waals surface area contributed by atoms with Gasteiger partial charge in [0.25, 0.3) is 5.91 Å². The molecule has 0 unspecified atom stereocenters. The van der Waals surface area contributed by atoms with Gasteiger partial charge in [-0.15, -0.1) is 0 Å². The third-order valence-electron chi connectivity index (χ3n) is 4.12. The van der Waals surface area contributed by atoms with Gasteiger partial charge in [0.15, 0.2) is 0 Å². The van der Waals surface area contributed by atoms with E-state index in [4.69, 9.17) is 4.52 Å². The van der Waals surface area contributed by atoms with Crippen LogP contribution in [0.4, 0.5) is 10.1 Å². The van der Waals surface area contributed by atoms with Gasteiger partial charge in [-0.25, -0.2) is 4.39 Å². The van der Waals surface area contributed by atoms with Gasteiger partial charge in [-0.3, -0.25) is 4.79 Å². The van der Waals surface area contributed by atoms with E-state index in [0.29, 0.717) is 22.6 Å².